The number of thiazole rings is 1. The first-order valence-corrected chi connectivity index (χ1v) is 19.5. The van der Waals surface area contributed by atoms with Crippen LogP contribution in [0.5, 0.6) is 0 Å². The number of hydrogen-bond acceptors (Lipinski definition) is 8. The Morgan fingerprint density at radius 1 is 1.06 bits per heavy atom. The van der Waals surface area contributed by atoms with Gasteiger partial charge in [-0.1, -0.05) is 18.6 Å². The molecule has 5 aliphatic carbocycles. The van der Waals surface area contributed by atoms with Crippen LogP contribution in [0.15, 0.2) is 24.3 Å². The molecule has 12 heteroatoms. The molecule has 3 N–H and O–H groups in total. The molecule has 9 rings (SSSR count). The van der Waals surface area contributed by atoms with Crippen LogP contribution >= 0.6 is 11.3 Å². The van der Waals surface area contributed by atoms with Gasteiger partial charge < -0.3 is 25.6 Å². The first-order valence-electron chi connectivity index (χ1n) is 18.7. The van der Waals surface area contributed by atoms with Crippen molar-refractivity contribution in [2.45, 2.75) is 102 Å². The molecule has 1 aromatic carbocycles. The first-order chi connectivity index (χ1) is 23.9. The summed E-state index contributed by atoms with van der Waals surface area (Å²) in [4.78, 5) is 76.2. The van der Waals surface area contributed by atoms with Crippen LogP contribution in [0.25, 0.3) is 10.2 Å². The Hall–Kier alpha value is -3.54. The molecule has 50 heavy (non-hydrogen) atoms. The molecule has 2 aliphatic heterocycles. The molecule has 4 amide bonds. The highest BCUT2D eigenvalue weighted by atomic mass is 32.1. The monoisotopic (exact) mass is 701 g/mol. The first kappa shape index (κ1) is 32.4. The number of para-hydroxylation sites is 1. The van der Waals surface area contributed by atoms with Gasteiger partial charge in [-0.3, -0.25) is 19.2 Å². The lowest BCUT2D eigenvalue weighted by atomic mass is 9.12. The van der Waals surface area contributed by atoms with Crippen molar-refractivity contribution in [2.75, 3.05) is 13.1 Å². The molecule has 266 valence electrons. The zero-order valence-electron chi connectivity index (χ0n) is 29.0. The molecule has 7 fully saturated rings. The van der Waals surface area contributed by atoms with Crippen molar-refractivity contribution in [3.63, 3.8) is 0 Å². The Bertz CT molecular complexity index is 1740. The van der Waals surface area contributed by atoms with E-state index in [1.165, 1.54) is 24.2 Å². The summed E-state index contributed by atoms with van der Waals surface area (Å²) in [5, 5.41) is 9.31. The Kier molecular flexibility index (Phi) is 7.27. The summed E-state index contributed by atoms with van der Waals surface area (Å²) in [5.41, 5.74) is -0.157. The summed E-state index contributed by atoms with van der Waals surface area (Å²) in [6, 6.07) is 5.05. The van der Waals surface area contributed by atoms with E-state index in [0.717, 1.165) is 36.8 Å². The number of Topliss-reactive ketones (excluding diaryl/α,β-unsaturated/α-hetero) is 1. The van der Waals surface area contributed by atoms with Crippen LogP contribution in [0.3, 0.4) is 0 Å². The number of aromatic nitrogens is 1. The van der Waals surface area contributed by atoms with E-state index in [2.05, 4.69) is 20.9 Å². The fourth-order valence-corrected chi connectivity index (χ4v) is 13.1. The fraction of sp³-hybridized carbons (Fsp3) is 0.684. The van der Waals surface area contributed by atoms with Crippen LogP contribution in [0.2, 0.25) is 0 Å². The fourth-order valence-electron chi connectivity index (χ4n) is 12.2. The molecule has 3 heterocycles. The lowest BCUT2D eigenvalue weighted by molar-refractivity contribution is -0.435. The van der Waals surface area contributed by atoms with E-state index in [4.69, 9.17) is 4.74 Å². The van der Waals surface area contributed by atoms with E-state index < -0.39 is 35.7 Å². The summed E-state index contributed by atoms with van der Waals surface area (Å²) in [6.07, 6.45) is 7.16. The highest BCUT2D eigenvalue weighted by Gasteiger charge is 2.89. The van der Waals surface area contributed by atoms with E-state index in [9.17, 15) is 19.2 Å². The molecule has 11 nitrogen and oxygen atoms in total. The third-order valence-electron chi connectivity index (χ3n) is 14.0. The molecule has 7 aliphatic rings. The number of nitrogens with one attached hydrogen (secondary N) is 3. The second kappa shape index (κ2) is 11.2. The number of carbonyl (C=O) groups is 5. The number of likely N-dealkylation sites (tertiary alicyclic amines) is 1. The van der Waals surface area contributed by atoms with Gasteiger partial charge in [0, 0.05) is 24.4 Å². The van der Waals surface area contributed by atoms with Crippen molar-refractivity contribution in [3.8, 4) is 0 Å². The van der Waals surface area contributed by atoms with Crippen LogP contribution in [0.4, 0.5) is 4.79 Å². The predicted octanol–water partition coefficient (Wildman–Crippen LogP) is 4.45. The Morgan fingerprint density at radius 3 is 2.48 bits per heavy atom. The average molecular weight is 702 g/mol. The van der Waals surface area contributed by atoms with Crippen LogP contribution in [-0.4, -0.2) is 76.3 Å². The Balaban J connectivity index is 1.01. The van der Waals surface area contributed by atoms with Crippen molar-refractivity contribution in [3.05, 3.63) is 29.3 Å². The smallest absolute Gasteiger partial charge is 0.408 e. The highest BCUT2D eigenvalue weighted by Crippen LogP contribution is 2.93. The zero-order chi connectivity index (χ0) is 34.7. The van der Waals surface area contributed by atoms with Gasteiger partial charge in [0.15, 0.2) is 5.01 Å². The van der Waals surface area contributed by atoms with Crippen molar-refractivity contribution >= 4 is 51.2 Å². The molecule has 0 radical (unpaired) electrons. The van der Waals surface area contributed by atoms with Crippen molar-refractivity contribution in [2.24, 2.45) is 46.3 Å². The minimum atomic E-state index is -0.965. The van der Waals surface area contributed by atoms with E-state index in [0.29, 0.717) is 47.8 Å². The molecule has 8 atom stereocenters. The largest absolute Gasteiger partial charge is 0.444 e. The van der Waals surface area contributed by atoms with E-state index in [1.807, 2.05) is 45.0 Å². The molecular weight excluding hydrogens is 655 g/mol. The summed E-state index contributed by atoms with van der Waals surface area (Å²) in [6.45, 7) is 6.43. The SMILES string of the molecule is CC(C)(C)OC(=O)N[C@H](C(=O)N1C[C@@H]2CCC[C@@H]2[C@H]1C(=O)N[C@@H](C[C@@H]1CCNC1=O)C(=O)c1nc2ccccc2s1)C12CC3CC4CC(C1)C432. The number of amides is 4. The molecule has 2 saturated heterocycles. The van der Waals surface area contributed by atoms with Gasteiger partial charge in [-0.2, -0.15) is 0 Å². The second-order valence-corrected chi connectivity index (χ2v) is 18.4. The number of nitrogens with zero attached hydrogens (tertiary/aromatic N) is 2. The summed E-state index contributed by atoms with van der Waals surface area (Å²) < 4.78 is 6.58. The Labute approximate surface area is 296 Å². The zero-order valence-corrected chi connectivity index (χ0v) is 29.9. The number of benzene rings is 1. The highest BCUT2D eigenvalue weighted by molar-refractivity contribution is 7.20. The molecular formula is C38H47N5O6S. The number of alkyl carbamates (subject to hydrolysis) is 1. The van der Waals surface area contributed by atoms with Gasteiger partial charge in [-0.15, -0.1) is 11.3 Å². The topological polar surface area (TPSA) is 147 Å². The third kappa shape index (κ3) is 4.58. The molecule has 1 spiro atoms. The maximum atomic E-state index is 15.0. The predicted molar refractivity (Wildman–Crippen MR) is 185 cm³/mol. The van der Waals surface area contributed by atoms with Crippen LogP contribution in [0, 0.1) is 46.3 Å². The van der Waals surface area contributed by atoms with Crippen molar-refractivity contribution in [1.82, 2.24) is 25.8 Å². The summed E-state index contributed by atoms with van der Waals surface area (Å²) >= 11 is 1.28. The van der Waals surface area contributed by atoms with Gasteiger partial charge in [0.05, 0.1) is 16.3 Å². The summed E-state index contributed by atoms with van der Waals surface area (Å²) in [5.74, 6) is 0.604. The van der Waals surface area contributed by atoms with Gasteiger partial charge in [-0.05, 0) is 119 Å². The quantitative estimate of drug-likeness (QED) is 0.328. The number of rotatable bonds is 9. The molecule has 2 aromatic rings. The van der Waals surface area contributed by atoms with E-state index in [1.54, 1.807) is 4.90 Å². The molecule has 1 aromatic heterocycles. The van der Waals surface area contributed by atoms with Gasteiger partial charge in [-0.25, -0.2) is 9.78 Å². The van der Waals surface area contributed by atoms with Gasteiger partial charge in [0.25, 0.3) is 0 Å². The minimum absolute atomic E-state index is 0.0341. The minimum Gasteiger partial charge on any atom is -0.444 e. The van der Waals surface area contributed by atoms with Crippen LogP contribution in [0.1, 0.15) is 88.4 Å². The molecule has 5 saturated carbocycles. The lowest BCUT2D eigenvalue weighted by Gasteiger charge is -2.92. The maximum Gasteiger partial charge on any atom is 0.408 e. The number of hydrogen-bond donors (Lipinski definition) is 3. The Morgan fingerprint density at radius 2 is 1.82 bits per heavy atom. The second-order valence-electron chi connectivity index (χ2n) is 17.4. The maximum absolute atomic E-state index is 15.0. The van der Waals surface area contributed by atoms with Crippen molar-refractivity contribution in [1.29, 1.82) is 0 Å². The number of ketones is 1. The number of ether oxygens (including phenoxy) is 1. The normalized spacial score (nSPS) is 37.1. The average Bonchev–Trinajstić information content (AvgIpc) is 3.81. The van der Waals surface area contributed by atoms with Crippen LogP contribution < -0.4 is 16.0 Å². The molecule has 0 bridgehead atoms. The van der Waals surface area contributed by atoms with E-state index >= 15 is 4.79 Å². The van der Waals surface area contributed by atoms with Crippen LogP contribution in [-0.2, 0) is 19.1 Å². The van der Waals surface area contributed by atoms with Crippen molar-refractivity contribution < 1.29 is 28.7 Å². The lowest BCUT2D eigenvalue weighted by Crippen LogP contribution is -2.90. The van der Waals surface area contributed by atoms with E-state index in [-0.39, 0.29) is 52.6 Å². The summed E-state index contributed by atoms with van der Waals surface area (Å²) in [7, 11) is 0. The standard InChI is InChI=1S/C38H47N5O6S/c1-36(2,3)49-35(48)42-30(37-16-22-14-21-15-23(17-37)38(21,22)37)34(47)43-18-20-7-6-8-24(20)28(43)32(46)40-26(13-19-11-12-39-31(19)45)29(44)33-41-25-9-4-5-10-27(25)50-33/h4-5,9-10,19-24,26,28,30H,6-8,11-18H2,1-3H3,(H,39,45)(H,40,46)(H,42,48)/t19-,20-,21?,22?,23?,24-,26-,28-,30+,37?,38?/m0/s1. The molecule has 2 unspecified atom stereocenters. The number of carbonyl (C=O) groups excluding carboxylic acids is 5. The van der Waals surface area contributed by atoms with Gasteiger partial charge in [0.2, 0.25) is 23.5 Å². The van der Waals surface area contributed by atoms with Gasteiger partial charge in [0.1, 0.15) is 17.7 Å². The third-order valence-corrected chi connectivity index (χ3v) is 15.0. The van der Waals surface area contributed by atoms with Gasteiger partial charge >= 0.3 is 6.09 Å². The number of fused-ring (bicyclic) bond motifs is 2.